The number of aliphatic hydroxyl groups excluding tert-OH is 3. The van der Waals surface area contributed by atoms with Gasteiger partial charge in [0.2, 0.25) is 0 Å². The number of ketones is 1. The fourth-order valence-electron chi connectivity index (χ4n) is 1.51. The van der Waals surface area contributed by atoms with Gasteiger partial charge >= 0.3 is 0 Å². The number of carbonyl (C=O) groups excluding carboxylic acids is 1. The van der Waals surface area contributed by atoms with Crippen LogP contribution in [0.3, 0.4) is 0 Å². The van der Waals surface area contributed by atoms with Crippen molar-refractivity contribution in [2.24, 2.45) is 0 Å². The monoisotopic (exact) mass is 258 g/mol. The summed E-state index contributed by atoms with van der Waals surface area (Å²) < 4.78 is 0. The van der Waals surface area contributed by atoms with E-state index in [9.17, 15) is 15.0 Å². The van der Waals surface area contributed by atoms with Crippen molar-refractivity contribution in [2.45, 2.75) is 25.6 Å². The first-order chi connectivity index (χ1) is 7.97. The van der Waals surface area contributed by atoms with Gasteiger partial charge in [0, 0.05) is 12.2 Å². The molecule has 1 rings (SSSR count). The Morgan fingerprint density at radius 2 is 2.06 bits per heavy atom. The summed E-state index contributed by atoms with van der Waals surface area (Å²) in [6.45, 7) is 1.16. The van der Waals surface area contributed by atoms with Crippen molar-refractivity contribution in [1.82, 2.24) is 0 Å². The van der Waals surface area contributed by atoms with Crippen LogP contribution < -0.4 is 0 Å². The molecular formula is C12H15ClO4. The first kappa shape index (κ1) is 14.1. The van der Waals surface area contributed by atoms with E-state index in [1.54, 1.807) is 6.07 Å². The number of benzene rings is 1. The third-order valence-electron chi connectivity index (χ3n) is 2.50. The van der Waals surface area contributed by atoms with Crippen LogP contribution in [0.15, 0.2) is 18.2 Å². The number of hydrogen-bond donors (Lipinski definition) is 3. The second-order valence-corrected chi connectivity index (χ2v) is 4.23. The summed E-state index contributed by atoms with van der Waals surface area (Å²) in [5.41, 5.74) is 0.708. The van der Waals surface area contributed by atoms with Crippen molar-refractivity contribution in [3.63, 3.8) is 0 Å². The highest BCUT2D eigenvalue weighted by atomic mass is 35.5. The zero-order valence-electron chi connectivity index (χ0n) is 9.43. The lowest BCUT2D eigenvalue weighted by Crippen LogP contribution is -2.19. The first-order valence-corrected chi connectivity index (χ1v) is 5.62. The molecule has 3 N–H and O–H groups in total. The zero-order chi connectivity index (χ0) is 13.0. The average Bonchev–Trinajstić information content (AvgIpc) is 2.28. The van der Waals surface area contributed by atoms with Gasteiger partial charge in [0.1, 0.15) is 6.10 Å². The van der Waals surface area contributed by atoms with Gasteiger partial charge in [0.15, 0.2) is 5.78 Å². The molecule has 0 fully saturated rings. The predicted molar refractivity (Wildman–Crippen MR) is 64.1 cm³/mol. The van der Waals surface area contributed by atoms with Crippen LogP contribution in [0.2, 0.25) is 5.02 Å². The minimum absolute atomic E-state index is 0.0686. The Morgan fingerprint density at radius 3 is 2.59 bits per heavy atom. The lowest BCUT2D eigenvalue weighted by atomic mass is 9.99. The van der Waals surface area contributed by atoms with Crippen LogP contribution in [0.5, 0.6) is 0 Å². The SMILES string of the molecule is CC(=O)c1cc(C(O)C(O)CCO)ccc1Cl. The molecule has 0 bridgehead atoms. The second-order valence-electron chi connectivity index (χ2n) is 3.82. The van der Waals surface area contributed by atoms with Gasteiger partial charge in [-0.1, -0.05) is 17.7 Å². The van der Waals surface area contributed by atoms with Gasteiger partial charge in [-0.2, -0.15) is 0 Å². The molecule has 1 aromatic carbocycles. The fraction of sp³-hybridized carbons (Fsp3) is 0.417. The lowest BCUT2D eigenvalue weighted by Gasteiger charge is -2.18. The number of carbonyl (C=O) groups is 1. The normalized spacial score (nSPS) is 14.4. The topological polar surface area (TPSA) is 77.8 Å². The van der Waals surface area contributed by atoms with Gasteiger partial charge in [-0.25, -0.2) is 0 Å². The molecule has 0 radical (unpaired) electrons. The van der Waals surface area contributed by atoms with Crippen molar-refractivity contribution in [3.8, 4) is 0 Å². The van der Waals surface area contributed by atoms with Gasteiger partial charge in [-0.15, -0.1) is 0 Å². The molecule has 2 unspecified atom stereocenters. The van der Waals surface area contributed by atoms with Crippen LogP contribution in [0.1, 0.15) is 35.4 Å². The summed E-state index contributed by atoms with van der Waals surface area (Å²) in [5.74, 6) is -0.208. The molecule has 0 saturated carbocycles. The van der Waals surface area contributed by atoms with Crippen LogP contribution >= 0.6 is 11.6 Å². The summed E-state index contributed by atoms with van der Waals surface area (Å²) in [6, 6.07) is 4.50. The highest BCUT2D eigenvalue weighted by Gasteiger charge is 2.19. The molecule has 17 heavy (non-hydrogen) atoms. The van der Waals surface area contributed by atoms with Crippen LogP contribution in [0.25, 0.3) is 0 Å². The van der Waals surface area contributed by atoms with Gasteiger partial charge in [-0.05, 0) is 31.0 Å². The van der Waals surface area contributed by atoms with Gasteiger partial charge < -0.3 is 15.3 Å². The minimum atomic E-state index is -1.14. The third kappa shape index (κ3) is 3.51. The molecule has 0 aliphatic carbocycles. The summed E-state index contributed by atoms with van der Waals surface area (Å²) in [5, 5.41) is 28.3. The van der Waals surface area contributed by atoms with Crippen molar-refractivity contribution in [1.29, 1.82) is 0 Å². The smallest absolute Gasteiger partial charge is 0.161 e. The highest BCUT2D eigenvalue weighted by Crippen LogP contribution is 2.24. The quantitative estimate of drug-likeness (QED) is 0.696. The Labute approximate surface area is 104 Å². The van der Waals surface area contributed by atoms with Crippen molar-refractivity contribution in [2.75, 3.05) is 6.61 Å². The first-order valence-electron chi connectivity index (χ1n) is 5.24. The van der Waals surface area contributed by atoms with Crippen LogP contribution in [0, 0.1) is 0 Å². The Hall–Kier alpha value is -0.940. The number of aliphatic hydroxyl groups is 3. The molecule has 0 saturated heterocycles. The van der Waals surface area contributed by atoms with Crippen molar-refractivity contribution >= 4 is 17.4 Å². The maximum Gasteiger partial charge on any atom is 0.161 e. The van der Waals surface area contributed by atoms with E-state index < -0.39 is 12.2 Å². The van der Waals surface area contributed by atoms with Gasteiger partial charge in [0.25, 0.3) is 0 Å². The van der Waals surface area contributed by atoms with Crippen molar-refractivity contribution < 1.29 is 20.1 Å². The van der Waals surface area contributed by atoms with E-state index in [-0.39, 0.29) is 18.8 Å². The van der Waals surface area contributed by atoms with Crippen molar-refractivity contribution in [3.05, 3.63) is 34.3 Å². The van der Waals surface area contributed by atoms with Crippen LogP contribution in [-0.2, 0) is 0 Å². The van der Waals surface area contributed by atoms with Crippen LogP contribution in [-0.4, -0.2) is 33.8 Å². The third-order valence-corrected chi connectivity index (χ3v) is 2.83. The molecule has 5 heteroatoms. The highest BCUT2D eigenvalue weighted by molar-refractivity contribution is 6.33. The number of hydrogen-bond acceptors (Lipinski definition) is 4. The lowest BCUT2D eigenvalue weighted by molar-refractivity contribution is 0.00419. The van der Waals surface area contributed by atoms with E-state index in [1.165, 1.54) is 19.1 Å². The van der Waals surface area contributed by atoms with Gasteiger partial charge in [-0.3, -0.25) is 4.79 Å². The summed E-state index contributed by atoms with van der Waals surface area (Å²) in [4.78, 5) is 11.3. The fourth-order valence-corrected chi connectivity index (χ4v) is 1.76. The Balaban J connectivity index is 2.99. The largest absolute Gasteiger partial charge is 0.396 e. The summed E-state index contributed by atoms with van der Waals surface area (Å²) in [6.07, 6.45) is -2.14. The molecular weight excluding hydrogens is 244 g/mol. The molecule has 0 aliphatic rings. The van der Waals surface area contributed by atoms with E-state index in [4.69, 9.17) is 16.7 Å². The molecule has 94 valence electrons. The van der Waals surface area contributed by atoms with E-state index >= 15 is 0 Å². The molecule has 0 heterocycles. The zero-order valence-corrected chi connectivity index (χ0v) is 10.2. The molecule has 2 atom stereocenters. The maximum absolute atomic E-state index is 11.3. The second kappa shape index (κ2) is 6.12. The van der Waals surface area contributed by atoms with E-state index in [1.807, 2.05) is 0 Å². The molecule has 4 nitrogen and oxygen atoms in total. The Kier molecular flexibility index (Phi) is 5.08. The molecule has 0 aliphatic heterocycles. The Bertz CT molecular complexity index is 405. The molecule has 0 aromatic heterocycles. The minimum Gasteiger partial charge on any atom is -0.396 e. The molecule has 0 amide bonds. The summed E-state index contributed by atoms with van der Waals surface area (Å²) in [7, 11) is 0. The number of rotatable bonds is 5. The maximum atomic E-state index is 11.3. The van der Waals surface area contributed by atoms with E-state index in [0.717, 1.165) is 0 Å². The molecule has 1 aromatic rings. The van der Waals surface area contributed by atoms with E-state index in [0.29, 0.717) is 16.1 Å². The average molecular weight is 259 g/mol. The van der Waals surface area contributed by atoms with E-state index in [2.05, 4.69) is 0 Å². The Morgan fingerprint density at radius 1 is 1.41 bits per heavy atom. The van der Waals surface area contributed by atoms with Gasteiger partial charge in [0.05, 0.1) is 11.1 Å². The number of halogens is 1. The standard InChI is InChI=1S/C12H15ClO4/c1-7(15)9-6-8(2-3-10(9)13)12(17)11(16)4-5-14/h2-3,6,11-12,14,16-17H,4-5H2,1H3. The molecule has 0 spiro atoms. The number of Topliss-reactive ketones (excluding diaryl/α,β-unsaturated/α-hetero) is 1. The predicted octanol–water partition coefficient (Wildman–Crippen LogP) is 1.32. The summed E-state index contributed by atoms with van der Waals surface area (Å²) >= 11 is 5.83. The van der Waals surface area contributed by atoms with Crippen LogP contribution in [0.4, 0.5) is 0 Å².